The van der Waals surface area contributed by atoms with Gasteiger partial charge in [0.1, 0.15) is 0 Å². The Morgan fingerprint density at radius 2 is 2.00 bits per heavy atom. The molecule has 1 N–H and O–H groups in total. The van der Waals surface area contributed by atoms with Gasteiger partial charge < -0.3 is 10.2 Å². The number of amides is 1. The minimum atomic E-state index is -4.37. The summed E-state index contributed by atoms with van der Waals surface area (Å²) in [5.74, 6) is 0.270. The highest BCUT2D eigenvalue weighted by atomic mass is 19.4. The van der Waals surface area contributed by atoms with Gasteiger partial charge in [-0.3, -0.25) is 4.79 Å². The van der Waals surface area contributed by atoms with Crippen molar-refractivity contribution in [2.45, 2.75) is 25.1 Å². The quantitative estimate of drug-likeness (QED) is 0.867. The fourth-order valence-corrected chi connectivity index (χ4v) is 3.35. The SMILES string of the molecule is O=C(/C=C/c1cccc(C(F)(F)F)c1)N[C@H]1CN2CCC1CC2. The second kappa shape index (κ2) is 6.35. The van der Waals surface area contributed by atoms with Gasteiger partial charge in [0.15, 0.2) is 0 Å². The average molecular weight is 324 g/mol. The van der Waals surface area contributed by atoms with Crippen LogP contribution in [0.15, 0.2) is 30.3 Å². The van der Waals surface area contributed by atoms with Crippen LogP contribution in [-0.4, -0.2) is 36.5 Å². The van der Waals surface area contributed by atoms with Crippen LogP contribution in [-0.2, 0) is 11.0 Å². The van der Waals surface area contributed by atoms with Gasteiger partial charge in [0, 0.05) is 18.7 Å². The molecule has 0 radical (unpaired) electrons. The molecule has 1 aromatic rings. The number of rotatable bonds is 3. The first kappa shape index (κ1) is 16.1. The molecule has 6 heteroatoms. The molecule has 4 rings (SSSR count). The summed E-state index contributed by atoms with van der Waals surface area (Å²) in [5, 5.41) is 2.98. The summed E-state index contributed by atoms with van der Waals surface area (Å²) in [6, 6.07) is 5.10. The third kappa shape index (κ3) is 3.93. The molecule has 0 aromatic heterocycles. The third-order valence-corrected chi connectivity index (χ3v) is 4.62. The Kier molecular flexibility index (Phi) is 4.43. The number of benzene rings is 1. The number of piperidine rings is 3. The highest BCUT2D eigenvalue weighted by Gasteiger charge is 2.34. The first-order chi connectivity index (χ1) is 10.9. The van der Waals surface area contributed by atoms with Crippen LogP contribution in [0.5, 0.6) is 0 Å². The summed E-state index contributed by atoms with van der Waals surface area (Å²) in [7, 11) is 0. The number of nitrogens with zero attached hydrogens (tertiary/aromatic N) is 1. The molecule has 3 saturated heterocycles. The molecule has 0 saturated carbocycles. The summed E-state index contributed by atoms with van der Waals surface area (Å²) in [6.45, 7) is 3.06. The van der Waals surface area contributed by atoms with Gasteiger partial charge in [-0.2, -0.15) is 13.2 Å². The van der Waals surface area contributed by atoms with E-state index in [4.69, 9.17) is 0 Å². The summed E-state index contributed by atoms with van der Waals surface area (Å²) in [6.07, 6.45) is 0.561. The lowest BCUT2D eigenvalue weighted by atomic mass is 9.84. The molecular weight excluding hydrogens is 305 g/mol. The average Bonchev–Trinajstić information content (AvgIpc) is 2.54. The molecule has 2 bridgehead atoms. The normalized spacial score (nSPS) is 27.3. The number of fused-ring (bicyclic) bond motifs is 3. The van der Waals surface area contributed by atoms with Crippen molar-refractivity contribution in [2.24, 2.45) is 5.92 Å². The van der Waals surface area contributed by atoms with Crippen molar-refractivity contribution >= 4 is 12.0 Å². The molecule has 3 heterocycles. The van der Waals surface area contributed by atoms with E-state index < -0.39 is 11.7 Å². The minimum Gasteiger partial charge on any atom is -0.348 e. The topological polar surface area (TPSA) is 32.3 Å². The second-order valence-electron chi connectivity index (χ2n) is 6.21. The highest BCUT2D eigenvalue weighted by Crippen LogP contribution is 2.30. The van der Waals surface area contributed by atoms with Crippen LogP contribution < -0.4 is 5.32 Å². The lowest BCUT2D eigenvalue weighted by molar-refractivity contribution is -0.137. The standard InChI is InChI=1S/C17H19F3N2O/c18-17(19,20)14-3-1-2-12(10-14)4-5-16(23)21-15-11-22-8-6-13(15)7-9-22/h1-5,10,13,15H,6-9,11H2,(H,21,23)/b5-4+/t15-/m0/s1. The molecule has 0 unspecified atom stereocenters. The number of carbonyl (C=O) groups is 1. The molecule has 1 aromatic carbocycles. The van der Waals surface area contributed by atoms with E-state index >= 15 is 0 Å². The van der Waals surface area contributed by atoms with E-state index in [1.807, 2.05) is 0 Å². The van der Waals surface area contributed by atoms with E-state index in [-0.39, 0.29) is 11.9 Å². The van der Waals surface area contributed by atoms with Crippen LogP contribution in [0.3, 0.4) is 0 Å². The van der Waals surface area contributed by atoms with Crippen LogP contribution in [0, 0.1) is 5.92 Å². The van der Waals surface area contributed by atoms with E-state index in [1.165, 1.54) is 18.2 Å². The molecule has 3 fully saturated rings. The minimum absolute atomic E-state index is 0.149. The number of carbonyl (C=O) groups excluding carboxylic acids is 1. The molecule has 3 aliphatic heterocycles. The van der Waals surface area contributed by atoms with E-state index in [1.54, 1.807) is 6.07 Å². The predicted molar refractivity (Wildman–Crippen MR) is 81.6 cm³/mol. The van der Waals surface area contributed by atoms with E-state index in [0.29, 0.717) is 11.5 Å². The largest absolute Gasteiger partial charge is 0.416 e. The maximum Gasteiger partial charge on any atom is 0.416 e. The van der Waals surface area contributed by atoms with Crippen LogP contribution in [0.1, 0.15) is 24.0 Å². The smallest absolute Gasteiger partial charge is 0.348 e. The third-order valence-electron chi connectivity index (χ3n) is 4.62. The van der Waals surface area contributed by atoms with Crippen molar-refractivity contribution in [3.8, 4) is 0 Å². The van der Waals surface area contributed by atoms with E-state index in [2.05, 4.69) is 10.2 Å². The number of hydrogen-bond acceptors (Lipinski definition) is 2. The number of halogens is 3. The zero-order valence-electron chi connectivity index (χ0n) is 12.6. The Morgan fingerprint density at radius 1 is 1.26 bits per heavy atom. The van der Waals surface area contributed by atoms with Gasteiger partial charge in [-0.15, -0.1) is 0 Å². The number of nitrogens with one attached hydrogen (secondary N) is 1. The molecule has 0 spiro atoms. The van der Waals surface area contributed by atoms with Crippen molar-refractivity contribution in [3.63, 3.8) is 0 Å². The van der Waals surface area contributed by atoms with Gasteiger partial charge in [0.25, 0.3) is 0 Å². The van der Waals surface area contributed by atoms with Crippen molar-refractivity contribution in [2.75, 3.05) is 19.6 Å². The van der Waals surface area contributed by atoms with Gasteiger partial charge >= 0.3 is 6.18 Å². The molecule has 0 aliphatic carbocycles. The summed E-state index contributed by atoms with van der Waals surface area (Å²) >= 11 is 0. The predicted octanol–water partition coefficient (Wildman–Crippen LogP) is 2.93. The Morgan fingerprint density at radius 3 is 2.61 bits per heavy atom. The van der Waals surface area contributed by atoms with Crippen molar-refractivity contribution in [1.82, 2.24) is 10.2 Å². The molecule has 1 atom stereocenters. The zero-order valence-corrected chi connectivity index (χ0v) is 12.6. The van der Waals surface area contributed by atoms with Gasteiger partial charge in [-0.1, -0.05) is 12.1 Å². The summed E-state index contributed by atoms with van der Waals surface area (Å²) in [4.78, 5) is 14.3. The van der Waals surface area contributed by atoms with Gasteiger partial charge in [-0.05, 0) is 55.6 Å². The van der Waals surface area contributed by atoms with Crippen LogP contribution in [0.25, 0.3) is 6.08 Å². The first-order valence-electron chi connectivity index (χ1n) is 7.80. The van der Waals surface area contributed by atoms with Crippen molar-refractivity contribution in [1.29, 1.82) is 0 Å². The molecular formula is C17H19F3N2O. The van der Waals surface area contributed by atoms with Crippen LogP contribution in [0.4, 0.5) is 13.2 Å². The Balaban J connectivity index is 1.60. The Hall–Kier alpha value is -1.82. The fourth-order valence-electron chi connectivity index (χ4n) is 3.35. The zero-order chi connectivity index (χ0) is 16.4. The van der Waals surface area contributed by atoms with Crippen LogP contribution in [0.2, 0.25) is 0 Å². The molecule has 3 aliphatic rings. The molecule has 3 nitrogen and oxygen atoms in total. The maximum absolute atomic E-state index is 12.7. The summed E-state index contributed by atoms with van der Waals surface area (Å²) < 4.78 is 38.0. The van der Waals surface area contributed by atoms with E-state index in [0.717, 1.165) is 44.6 Å². The van der Waals surface area contributed by atoms with Crippen molar-refractivity contribution < 1.29 is 18.0 Å². The second-order valence-corrected chi connectivity index (χ2v) is 6.21. The van der Waals surface area contributed by atoms with Crippen LogP contribution >= 0.6 is 0 Å². The lowest BCUT2D eigenvalue weighted by Gasteiger charge is -2.44. The van der Waals surface area contributed by atoms with Gasteiger partial charge in [-0.25, -0.2) is 0 Å². The lowest BCUT2D eigenvalue weighted by Crippen LogP contribution is -2.57. The number of alkyl halides is 3. The van der Waals surface area contributed by atoms with Crippen molar-refractivity contribution in [3.05, 3.63) is 41.5 Å². The monoisotopic (exact) mass is 324 g/mol. The molecule has 23 heavy (non-hydrogen) atoms. The Bertz CT molecular complexity index is 604. The first-order valence-corrected chi connectivity index (χ1v) is 7.80. The summed E-state index contributed by atoms with van der Waals surface area (Å²) in [5.41, 5.74) is -0.346. The maximum atomic E-state index is 12.7. The van der Waals surface area contributed by atoms with Gasteiger partial charge in [0.05, 0.1) is 5.56 Å². The fraction of sp³-hybridized carbons (Fsp3) is 0.471. The molecule has 124 valence electrons. The van der Waals surface area contributed by atoms with E-state index in [9.17, 15) is 18.0 Å². The molecule has 1 amide bonds. The van der Waals surface area contributed by atoms with Gasteiger partial charge in [0.2, 0.25) is 5.91 Å². The highest BCUT2D eigenvalue weighted by molar-refractivity contribution is 5.92. The Labute approximate surface area is 133 Å². The number of hydrogen-bond donors (Lipinski definition) is 1.